The summed E-state index contributed by atoms with van der Waals surface area (Å²) < 4.78 is 4.97. The van der Waals surface area contributed by atoms with E-state index in [-0.39, 0.29) is 11.7 Å². The van der Waals surface area contributed by atoms with Gasteiger partial charge in [-0.05, 0) is 50.9 Å². The van der Waals surface area contributed by atoms with Crippen LogP contribution in [0.1, 0.15) is 48.0 Å². The third-order valence-electron chi connectivity index (χ3n) is 4.39. The van der Waals surface area contributed by atoms with Crippen molar-refractivity contribution in [2.45, 2.75) is 45.7 Å². The van der Waals surface area contributed by atoms with Crippen LogP contribution in [-0.2, 0) is 6.54 Å². The number of benzene rings is 1. The minimum Gasteiger partial charge on any atom is -0.351 e. The first-order valence-corrected chi connectivity index (χ1v) is 8.19. The lowest BCUT2D eigenvalue weighted by Crippen LogP contribution is -2.36. The molecule has 1 aliphatic rings. The molecular formula is C18H23N3O2. The van der Waals surface area contributed by atoms with Crippen molar-refractivity contribution in [1.29, 1.82) is 0 Å². The molecule has 23 heavy (non-hydrogen) atoms. The van der Waals surface area contributed by atoms with Gasteiger partial charge >= 0.3 is 0 Å². The fraction of sp³-hybridized carbons (Fsp3) is 0.444. The smallest absolute Gasteiger partial charge is 0.294 e. The van der Waals surface area contributed by atoms with Crippen molar-refractivity contribution in [2.75, 3.05) is 11.9 Å². The molecule has 0 bridgehead atoms. The van der Waals surface area contributed by atoms with Gasteiger partial charge in [0.25, 0.3) is 5.91 Å². The SMILES string of the molecule is Cc1cc(C(=O)Nc2ccc(CN3CCCC[C@@H]3C)cc2)on1. The molecule has 1 aromatic carbocycles. The van der Waals surface area contributed by atoms with Crippen molar-refractivity contribution < 1.29 is 9.32 Å². The molecule has 2 aromatic rings. The summed E-state index contributed by atoms with van der Waals surface area (Å²) in [6.07, 6.45) is 3.91. The third kappa shape index (κ3) is 3.99. The van der Waals surface area contributed by atoms with E-state index in [4.69, 9.17) is 4.52 Å². The number of rotatable bonds is 4. The topological polar surface area (TPSA) is 58.4 Å². The number of piperidine rings is 1. The number of likely N-dealkylation sites (tertiary alicyclic amines) is 1. The van der Waals surface area contributed by atoms with Gasteiger partial charge in [-0.3, -0.25) is 9.69 Å². The van der Waals surface area contributed by atoms with E-state index in [9.17, 15) is 4.79 Å². The molecule has 5 nitrogen and oxygen atoms in total. The molecule has 0 spiro atoms. The number of carbonyl (C=O) groups is 1. The maximum Gasteiger partial charge on any atom is 0.294 e. The van der Waals surface area contributed by atoms with Crippen molar-refractivity contribution in [3.63, 3.8) is 0 Å². The lowest BCUT2D eigenvalue weighted by atomic mass is 10.0. The second-order valence-corrected chi connectivity index (χ2v) is 6.30. The molecule has 122 valence electrons. The van der Waals surface area contributed by atoms with Gasteiger partial charge in [0.05, 0.1) is 5.69 Å². The van der Waals surface area contributed by atoms with Crippen LogP contribution >= 0.6 is 0 Å². The first-order valence-electron chi connectivity index (χ1n) is 8.19. The van der Waals surface area contributed by atoms with Crippen LogP contribution in [0.5, 0.6) is 0 Å². The molecule has 2 heterocycles. The Balaban J connectivity index is 1.59. The molecule has 1 amide bonds. The summed E-state index contributed by atoms with van der Waals surface area (Å²) in [6.45, 7) is 6.23. The quantitative estimate of drug-likeness (QED) is 0.937. The number of aromatic nitrogens is 1. The van der Waals surface area contributed by atoms with Crippen LogP contribution in [0.15, 0.2) is 34.9 Å². The molecule has 0 saturated carbocycles. The van der Waals surface area contributed by atoms with Gasteiger partial charge in [-0.2, -0.15) is 0 Å². The van der Waals surface area contributed by atoms with Gasteiger partial charge < -0.3 is 9.84 Å². The monoisotopic (exact) mass is 313 g/mol. The molecule has 1 atom stereocenters. The summed E-state index contributed by atoms with van der Waals surface area (Å²) in [4.78, 5) is 14.5. The Morgan fingerprint density at radius 3 is 2.78 bits per heavy atom. The summed E-state index contributed by atoms with van der Waals surface area (Å²) >= 11 is 0. The number of hydrogen-bond donors (Lipinski definition) is 1. The maximum absolute atomic E-state index is 12.0. The maximum atomic E-state index is 12.0. The van der Waals surface area contributed by atoms with Gasteiger partial charge in [-0.1, -0.05) is 23.7 Å². The Morgan fingerprint density at radius 1 is 1.35 bits per heavy atom. The predicted molar refractivity (Wildman–Crippen MR) is 89.4 cm³/mol. The summed E-state index contributed by atoms with van der Waals surface area (Å²) in [5.41, 5.74) is 2.73. The highest BCUT2D eigenvalue weighted by molar-refractivity contribution is 6.02. The fourth-order valence-electron chi connectivity index (χ4n) is 2.98. The molecular weight excluding hydrogens is 290 g/mol. The van der Waals surface area contributed by atoms with Crippen molar-refractivity contribution >= 4 is 11.6 Å². The van der Waals surface area contributed by atoms with Crippen LogP contribution < -0.4 is 5.32 Å². The zero-order chi connectivity index (χ0) is 16.2. The van der Waals surface area contributed by atoms with E-state index in [0.29, 0.717) is 11.7 Å². The number of nitrogens with one attached hydrogen (secondary N) is 1. The van der Waals surface area contributed by atoms with Crippen LogP contribution in [-0.4, -0.2) is 28.6 Å². The highest BCUT2D eigenvalue weighted by atomic mass is 16.5. The summed E-state index contributed by atoms with van der Waals surface area (Å²) in [5, 5.41) is 6.55. The Bertz CT molecular complexity index is 663. The van der Waals surface area contributed by atoms with Gasteiger partial charge in [0.15, 0.2) is 0 Å². The molecule has 0 radical (unpaired) electrons. The molecule has 1 fully saturated rings. The molecule has 0 unspecified atom stereocenters. The van der Waals surface area contributed by atoms with Gasteiger partial charge in [0.1, 0.15) is 0 Å². The van der Waals surface area contributed by atoms with E-state index in [2.05, 4.69) is 34.4 Å². The zero-order valence-corrected chi connectivity index (χ0v) is 13.7. The van der Waals surface area contributed by atoms with Gasteiger partial charge in [0.2, 0.25) is 5.76 Å². The summed E-state index contributed by atoms with van der Waals surface area (Å²) in [5.74, 6) is -0.0447. The first-order chi connectivity index (χ1) is 11.1. The number of carbonyl (C=O) groups excluding carboxylic acids is 1. The van der Waals surface area contributed by atoms with Crippen LogP contribution in [0.2, 0.25) is 0 Å². The van der Waals surface area contributed by atoms with Crippen LogP contribution in [0, 0.1) is 6.92 Å². The molecule has 1 N–H and O–H groups in total. The Hall–Kier alpha value is -2.14. The van der Waals surface area contributed by atoms with Crippen molar-refractivity contribution in [2.24, 2.45) is 0 Å². The Kier molecular flexibility index (Phi) is 4.76. The molecule has 1 saturated heterocycles. The van der Waals surface area contributed by atoms with Crippen molar-refractivity contribution in [3.05, 3.63) is 47.3 Å². The average molecular weight is 313 g/mol. The highest BCUT2D eigenvalue weighted by Crippen LogP contribution is 2.20. The number of hydrogen-bond acceptors (Lipinski definition) is 4. The highest BCUT2D eigenvalue weighted by Gasteiger charge is 2.18. The van der Waals surface area contributed by atoms with E-state index >= 15 is 0 Å². The number of amides is 1. The fourth-order valence-corrected chi connectivity index (χ4v) is 2.98. The third-order valence-corrected chi connectivity index (χ3v) is 4.39. The van der Waals surface area contributed by atoms with Crippen LogP contribution in [0.3, 0.4) is 0 Å². The van der Waals surface area contributed by atoms with Crippen molar-refractivity contribution in [1.82, 2.24) is 10.1 Å². The minimum absolute atomic E-state index is 0.230. The van der Waals surface area contributed by atoms with Crippen molar-refractivity contribution in [3.8, 4) is 0 Å². The standard InChI is InChI=1S/C18H23N3O2/c1-13-11-17(23-20-13)18(22)19-16-8-6-15(7-9-16)12-21-10-4-3-5-14(21)2/h6-9,11,14H,3-5,10,12H2,1-2H3,(H,19,22)/t14-/m0/s1. The summed E-state index contributed by atoms with van der Waals surface area (Å²) in [6, 6.07) is 10.3. The minimum atomic E-state index is -0.275. The molecule has 5 heteroatoms. The van der Waals surface area contributed by atoms with Crippen LogP contribution in [0.4, 0.5) is 5.69 Å². The lowest BCUT2D eigenvalue weighted by molar-refractivity contribution is 0.0988. The average Bonchev–Trinajstić information content (AvgIpc) is 2.98. The lowest BCUT2D eigenvalue weighted by Gasteiger charge is -2.33. The van der Waals surface area contributed by atoms with E-state index in [1.807, 2.05) is 12.1 Å². The molecule has 0 aliphatic carbocycles. The molecule has 1 aromatic heterocycles. The normalized spacial score (nSPS) is 18.8. The van der Waals surface area contributed by atoms with Gasteiger partial charge in [-0.15, -0.1) is 0 Å². The number of aryl methyl sites for hydroxylation is 1. The Labute approximate surface area is 136 Å². The first kappa shape index (κ1) is 15.7. The second-order valence-electron chi connectivity index (χ2n) is 6.30. The van der Waals surface area contributed by atoms with E-state index in [0.717, 1.165) is 12.2 Å². The molecule has 3 rings (SSSR count). The predicted octanol–water partition coefficient (Wildman–Crippen LogP) is 3.61. The second kappa shape index (κ2) is 6.96. The van der Waals surface area contributed by atoms with E-state index in [1.165, 1.54) is 31.4 Å². The number of anilines is 1. The molecule has 1 aliphatic heterocycles. The number of nitrogens with zero attached hydrogens (tertiary/aromatic N) is 2. The zero-order valence-electron chi connectivity index (χ0n) is 13.7. The van der Waals surface area contributed by atoms with E-state index in [1.54, 1.807) is 13.0 Å². The van der Waals surface area contributed by atoms with Gasteiger partial charge in [-0.25, -0.2) is 0 Å². The summed E-state index contributed by atoms with van der Waals surface area (Å²) in [7, 11) is 0. The Morgan fingerprint density at radius 2 is 2.13 bits per heavy atom. The van der Waals surface area contributed by atoms with E-state index < -0.39 is 0 Å². The largest absolute Gasteiger partial charge is 0.351 e. The van der Waals surface area contributed by atoms with Gasteiger partial charge in [0, 0.05) is 24.3 Å². The van der Waals surface area contributed by atoms with Crippen LogP contribution in [0.25, 0.3) is 0 Å².